The Morgan fingerprint density at radius 2 is 2.00 bits per heavy atom. The molecule has 1 atom stereocenters. The van der Waals surface area contributed by atoms with Gasteiger partial charge in [0.25, 0.3) is 0 Å². The van der Waals surface area contributed by atoms with Crippen molar-refractivity contribution in [3.05, 3.63) is 35.4 Å². The van der Waals surface area contributed by atoms with Crippen molar-refractivity contribution in [1.29, 1.82) is 0 Å². The molecule has 168 valence electrons. The van der Waals surface area contributed by atoms with Crippen LogP contribution in [0.5, 0.6) is 0 Å². The van der Waals surface area contributed by atoms with Crippen LogP contribution in [0.4, 0.5) is 13.2 Å². The molecule has 6 nitrogen and oxygen atoms in total. The third kappa shape index (κ3) is 6.90. The zero-order valence-electron chi connectivity index (χ0n) is 18.0. The summed E-state index contributed by atoms with van der Waals surface area (Å²) in [6.45, 7) is 10.3. The van der Waals surface area contributed by atoms with Crippen molar-refractivity contribution >= 4 is 11.9 Å². The van der Waals surface area contributed by atoms with Crippen molar-refractivity contribution in [3.63, 3.8) is 0 Å². The van der Waals surface area contributed by atoms with Gasteiger partial charge in [-0.2, -0.15) is 13.2 Å². The monoisotopic (exact) mass is 428 g/mol. The topological polar surface area (TPSA) is 66.0 Å². The van der Waals surface area contributed by atoms with E-state index in [9.17, 15) is 18.0 Å². The minimum Gasteiger partial charge on any atom is -0.370 e. The summed E-state index contributed by atoms with van der Waals surface area (Å²) in [6.07, 6.45) is -4.87. The second-order valence-electron chi connectivity index (χ2n) is 8.17. The molecule has 1 aromatic rings. The molecular formula is C21H31F3N4O2. The number of benzene rings is 1. The number of carbonyl (C=O) groups excluding carboxylic acids is 1. The van der Waals surface area contributed by atoms with E-state index in [2.05, 4.69) is 15.6 Å². The molecule has 30 heavy (non-hydrogen) atoms. The van der Waals surface area contributed by atoms with E-state index >= 15 is 0 Å². The highest BCUT2D eigenvalue weighted by Gasteiger charge is 2.32. The average molecular weight is 428 g/mol. The highest BCUT2D eigenvalue weighted by molar-refractivity contribution is 5.81. The van der Waals surface area contributed by atoms with Crippen molar-refractivity contribution in [2.75, 3.05) is 39.3 Å². The van der Waals surface area contributed by atoms with Crippen LogP contribution in [0.15, 0.2) is 29.3 Å². The van der Waals surface area contributed by atoms with Crippen LogP contribution < -0.4 is 10.6 Å². The molecule has 2 N–H and O–H groups in total. The Balaban J connectivity index is 2.04. The van der Waals surface area contributed by atoms with E-state index in [0.717, 1.165) is 12.1 Å². The van der Waals surface area contributed by atoms with Crippen LogP contribution in [0.2, 0.25) is 0 Å². The SMILES string of the molecule is CCNC(=NCCNC(=O)C(C)(C)C)N1CCOC(c2cccc(C(F)(F)F)c2)C1. The number of guanidine groups is 1. The Bertz CT molecular complexity index is 745. The van der Waals surface area contributed by atoms with E-state index in [1.807, 2.05) is 32.6 Å². The molecule has 1 aliphatic rings. The molecule has 1 aromatic carbocycles. The minimum atomic E-state index is -4.39. The van der Waals surface area contributed by atoms with E-state index in [1.54, 1.807) is 6.07 Å². The molecule has 0 saturated carbocycles. The number of nitrogens with one attached hydrogen (secondary N) is 2. The van der Waals surface area contributed by atoms with E-state index in [-0.39, 0.29) is 5.91 Å². The molecule has 2 rings (SSSR count). The quantitative estimate of drug-likeness (QED) is 0.430. The van der Waals surface area contributed by atoms with Crippen LogP contribution in [0.1, 0.15) is 44.9 Å². The van der Waals surface area contributed by atoms with Gasteiger partial charge in [0.05, 0.1) is 25.3 Å². The third-order valence-electron chi connectivity index (χ3n) is 4.63. The summed E-state index contributed by atoms with van der Waals surface area (Å²) in [4.78, 5) is 18.5. The van der Waals surface area contributed by atoms with Crippen LogP contribution in [0, 0.1) is 5.41 Å². The number of morpholine rings is 1. The minimum absolute atomic E-state index is 0.0429. The zero-order valence-corrected chi connectivity index (χ0v) is 18.0. The molecular weight excluding hydrogens is 397 g/mol. The predicted octanol–water partition coefficient (Wildman–Crippen LogP) is 3.21. The molecule has 1 saturated heterocycles. The molecule has 0 aliphatic carbocycles. The van der Waals surface area contributed by atoms with Gasteiger partial charge in [0.2, 0.25) is 5.91 Å². The fourth-order valence-corrected chi connectivity index (χ4v) is 2.98. The van der Waals surface area contributed by atoms with Gasteiger partial charge in [-0.1, -0.05) is 32.9 Å². The highest BCUT2D eigenvalue weighted by atomic mass is 19.4. The first-order valence-corrected chi connectivity index (χ1v) is 10.1. The maximum Gasteiger partial charge on any atom is 0.416 e. The lowest BCUT2D eigenvalue weighted by atomic mass is 9.96. The van der Waals surface area contributed by atoms with Crippen LogP contribution in [0.25, 0.3) is 0 Å². The summed E-state index contributed by atoms with van der Waals surface area (Å²) in [5.74, 6) is 0.612. The van der Waals surface area contributed by atoms with Crippen LogP contribution >= 0.6 is 0 Å². The molecule has 9 heteroatoms. The fourth-order valence-electron chi connectivity index (χ4n) is 2.98. The lowest BCUT2D eigenvalue weighted by Gasteiger charge is -2.35. The number of aliphatic imine (C=N–C) groups is 1. The van der Waals surface area contributed by atoms with Gasteiger partial charge in [0.15, 0.2) is 5.96 Å². The summed E-state index contributed by atoms with van der Waals surface area (Å²) >= 11 is 0. The van der Waals surface area contributed by atoms with Crippen molar-refractivity contribution in [1.82, 2.24) is 15.5 Å². The van der Waals surface area contributed by atoms with Gasteiger partial charge in [-0.15, -0.1) is 0 Å². The lowest BCUT2D eigenvalue weighted by Crippen LogP contribution is -2.48. The highest BCUT2D eigenvalue weighted by Crippen LogP contribution is 2.32. The Labute approximate surface area is 175 Å². The molecule has 1 unspecified atom stereocenters. The maximum absolute atomic E-state index is 13.0. The predicted molar refractivity (Wildman–Crippen MR) is 110 cm³/mol. The lowest BCUT2D eigenvalue weighted by molar-refractivity contribution is -0.137. The molecule has 0 spiro atoms. The van der Waals surface area contributed by atoms with E-state index in [0.29, 0.717) is 50.9 Å². The molecule has 0 aromatic heterocycles. The molecule has 1 amide bonds. The number of rotatable bonds is 5. The van der Waals surface area contributed by atoms with Crippen LogP contribution in [-0.4, -0.2) is 56.1 Å². The number of alkyl halides is 3. The standard InChI is InChI=1S/C21H31F3N4O2/c1-5-25-19(27-10-9-26-18(29)20(2,3)4)28-11-12-30-17(14-28)15-7-6-8-16(13-15)21(22,23)24/h6-8,13,17H,5,9-12,14H2,1-4H3,(H,25,27)(H,26,29). The Morgan fingerprint density at radius 3 is 2.63 bits per heavy atom. The van der Waals surface area contributed by atoms with Crippen molar-refractivity contribution < 1.29 is 22.7 Å². The first-order chi connectivity index (χ1) is 14.0. The fraction of sp³-hybridized carbons (Fsp3) is 0.619. The first kappa shape index (κ1) is 24.0. The number of nitrogens with zero attached hydrogens (tertiary/aromatic N) is 2. The third-order valence-corrected chi connectivity index (χ3v) is 4.63. The zero-order chi connectivity index (χ0) is 22.4. The first-order valence-electron chi connectivity index (χ1n) is 10.1. The summed E-state index contributed by atoms with van der Waals surface area (Å²) < 4.78 is 44.8. The van der Waals surface area contributed by atoms with E-state index in [1.165, 1.54) is 6.07 Å². The molecule has 1 heterocycles. The Kier molecular flexibility index (Phi) is 8.11. The molecule has 0 radical (unpaired) electrons. The number of amides is 1. The van der Waals surface area contributed by atoms with Gasteiger partial charge < -0.3 is 20.3 Å². The second kappa shape index (κ2) is 10.1. The second-order valence-corrected chi connectivity index (χ2v) is 8.17. The average Bonchev–Trinajstić information content (AvgIpc) is 2.69. The smallest absolute Gasteiger partial charge is 0.370 e. The number of hydrogen-bond acceptors (Lipinski definition) is 3. The largest absolute Gasteiger partial charge is 0.416 e. The van der Waals surface area contributed by atoms with Gasteiger partial charge in [-0.3, -0.25) is 9.79 Å². The van der Waals surface area contributed by atoms with Crippen molar-refractivity contribution in [2.24, 2.45) is 10.4 Å². The molecule has 1 aliphatic heterocycles. The Hall–Kier alpha value is -2.29. The van der Waals surface area contributed by atoms with Gasteiger partial charge in [-0.25, -0.2) is 0 Å². The number of carbonyl (C=O) groups is 1. The number of hydrogen-bond donors (Lipinski definition) is 2. The van der Waals surface area contributed by atoms with Gasteiger partial charge in [0, 0.05) is 25.0 Å². The molecule has 1 fully saturated rings. The summed E-state index contributed by atoms with van der Waals surface area (Å²) in [5, 5.41) is 6.06. The Morgan fingerprint density at radius 1 is 1.27 bits per heavy atom. The normalized spacial score (nSPS) is 18.3. The summed E-state index contributed by atoms with van der Waals surface area (Å²) in [6, 6.07) is 5.24. The van der Waals surface area contributed by atoms with Crippen LogP contribution in [0.3, 0.4) is 0 Å². The molecule has 0 bridgehead atoms. The maximum atomic E-state index is 13.0. The summed E-state index contributed by atoms with van der Waals surface area (Å²) in [7, 11) is 0. The van der Waals surface area contributed by atoms with Gasteiger partial charge in [0.1, 0.15) is 6.10 Å². The summed E-state index contributed by atoms with van der Waals surface area (Å²) in [5.41, 5.74) is -0.657. The van der Waals surface area contributed by atoms with E-state index in [4.69, 9.17) is 4.74 Å². The van der Waals surface area contributed by atoms with Crippen molar-refractivity contribution in [3.8, 4) is 0 Å². The van der Waals surface area contributed by atoms with Gasteiger partial charge >= 0.3 is 6.18 Å². The number of halogens is 3. The van der Waals surface area contributed by atoms with Gasteiger partial charge in [-0.05, 0) is 24.6 Å². The van der Waals surface area contributed by atoms with E-state index < -0.39 is 23.3 Å². The van der Waals surface area contributed by atoms with Crippen molar-refractivity contribution in [2.45, 2.75) is 40.0 Å². The van der Waals surface area contributed by atoms with Crippen LogP contribution in [-0.2, 0) is 15.7 Å². The number of ether oxygens (including phenoxy) is 1.